The molecule has 0 spiro atoms. The first-order valence-electron chi connectivity index (χ1n) is 8.04. The third kappa shape index (κ3) is 6.42. The summed E-state index contributed by atoms with van der Waals surface area (Å²) < 4.78 is 6.36. The van der Waals surface area contributed by atoms with Crippen molar-refractivity contribution in [3.8, 4) is 0 Å². The third-order valence-electron chi connectivity index (χ3n) is 4.48. The first-order valence-corrected chi connectivity index (χ1v) is 8.04. The summed E-state index contributed by atoms with van der Waals surface area (Å²) in [4.78, 5) is 11.6. The Morgan fingerprint density at radius 2 is 1.84 bits per heavy atom. The standard InChI is InChI=1S/C16H32NO2/c1-4-5-7-12-16(18)19-14-13-17(2,3)15-10-8-6-9-11-15/h15H,4-14H2,1-3H3/q+1. The van der Waals surface area contributed by atoms with Crippen LogP contribution in [-0.4, -0.2) is 43.7 Å². The number of likely N-dealkylation sites (N-methyl/N-ethyl adjacent to an activating group) is 1. The summed E-state index contributed by atoms with van der Waals surface area (Å²) in [5, 5.41) is 0. The molecule has 3 nitrogen and oxygen atoms in total. The SMILES string of the molecule is CCCCCC(=O)OCC[N+](C)(C)C1CCCCC1. The van der Waals surface area contributed by atoms with E-state index in [1.807, 2.05) is 0 Å². The van der Waals surface area contributed by atoms with E-state index in [1.54, 1.807) is 0 Å². The zero-order chi connectivity index (χ0) is 14.1. The molecule has 0 bridgehead atoms. The van der Waals surface area contributed by atoms with Crippen LogP contribution in [0.4, 0.5) is 0 Å². The lowest BCUT2D eigenvalue weighted by Gasteiger charge is -2.40. The molecular weight excluding hydrogens is 238 g/mol. The Bertz CT molecular complexity index is 257. The molecule has 0 amide bonds. The summed E-state index contributed by atoms with van der Waals surface area (Å²) in [5.74, 6) is -0.0166. The molecule has 0 radical (unpaired) electrons. The largest absolute Gasteiger partial charge is 0.460 e. The van der Waals surface area contributed by atoms with Crippen molar-refractivity contribution in [3.05, 3.63) is 0 Å². The topological polar surface area (TPSA) is 26.3 Å². The summed E-state index contributed by atoms with van der Waals surface area (Å²) in [6.07, 6.45) is 10.6. The van der Waals surface area contributed by atoms with E-state index in [-0.39, 0.29) is 5.97 Å². The molecule has 0 atom stereocenters. The van der Waals surface area contributed by atoms with Gasteiger partial charge in [-0.05, 0) is 32.1 Å². The monoisotopic (exact) mass is 270 g/mol. The second kappa shape index (κ2) is 8.57. The van der Waals surface area contributed by atoms with E-state index in [4.69, 9.17) is 4.74 Å². The van der Waals surface area contributed by atoms with Gasteiger partial charge in [-0.1, -0.05) is 26.2 Å². The molecule has 0 saturated heterocycles. The number of esters is 1. The average molecular weight is 270 g/mol. The van der Waals surface area contributed by atoms with Gasteiger partial charge in [0.15, 0.2) is 0 Å². The Kier molecular flexibility index (Phi) is 7.44. The van der Waals surface area contributed by atoms with Gasteiger partial charge < -0.3 is 9.22 Å². The molecule has 0 aromatic heterocycles. The molecule has 1 rings (SSSR count). The molecule has 0 heterocycles. The van der Waals surface area contributed by atoms with Gasteiger partial charge in [0.05, 0.1) is 20.1 Å². The fraction of sp³-hybridized carbons (Fsp3) is 0.938. The highest BCUT2D eigenvalue weighted by Gasteiger charge is 2.29. The summed E-state index contributed by atoms with van der Waals surface area (Å²) in [6.45, 7) is 3.67. The lowest BCUT2D eigenvalue weighted by molar-refractivity contribution is -0.916. The van der Waals surface area contributed by atoms with Gasteiger partial charge in [-0.15, -0.1) is 0 Å². The number of rotatable bonds is 8. The molecule has 1 aliphatic rings. The lowest BCUT2D eigenvalue weighted by Crippen LogP contribution is -2.51. The van der Waals surface area contributed by atoms with Gasteiger partial charge in [0.25, 0.3) is 0 Å². The van der Waals surface area contributed by atoms with Crippen LogP contribution >= 0.6 is 0 Å². The molecule has 1 fully saturated rings. The molecule has 112 valence electrons. The number of unbranched alkanes of at least 4 members (excludes halogenated alkanes) is 2. The van der Waals surface area contributed by atoms with Crippen molar-refractivity contribution in [2.75, 3.05) is 27.2 Å². The van der Waals surface area contributed by atoms with Crippen LogP contribution in [0.2, 0.25) is 0 Å². The van der Waals surface area contributed by atoms with E-state index >= 15 is 0 Å². The minimum absolute atomic E-state index is 0.0166. The van der Waals surface area contributed by atoms with Crippen LogP contribution in [0.15, 0.2) is 0 Å². The average Bonchev–Trinajstić information content (AvgIpc) is 2.40. The molecule has 0 unspecified atom stereocenters. The molecule has 0 aromatic rings. The summed E-state index contributed by atoms with van der Waals surface area (Å²) in [5.41, 5.74) is 0. The van der Waals surface area contributed by atoms with Gasteiger partial charge in [-0.25, -0.2) is 0 Å². The van der Waals surface area contributed by atoms with Crippen molar-refractivity contribution in [2.45, 2.75) is 70.8 Å². The fourth-order valence-corrected chi connectivity index (χ4v) is 2.95. The molecular formula is C16H32NO2+. The third-order valence-corrected chi connectivity index (χ3v) is 4.48. The predicted molar refractivity (Wildman–Crippen MR) is 78.9 cm³/mol. The minimum atomic E-state index is -0.0166. The first kappa shape index (κ1) is 16.5. The van der Waals surface area contributed by atoms with E-state index in [0.29, 0.717) is 13.0 Å². The van der Waals surface area contributed by atoms with Gasteiger partial charge in [0.2, 0.25) is 0 Å². The van der Waals surface area contributed by atoms with Crippen molar-refractivity contribution in [1.29, 1.82) is 0 Å². The molecule has 0 aromatic carbocycles. The van der Waals surface area contributed by atoms with E-state index < -0.39 is 0 Å². The van der Waals surface area contributed by atoms with E-state index in [0.717, 1.165) is 36.3 Å². The number of ether oxygens (including phenoxy) is 1. The van der Waals surface area contributed by atoms with Crippen molar-refractivity contribution in [3.63, 3.8) is 0 Å². The summed E-state index contributed by atoms with van der Waals surface area (Å²) in [7, 11) is 4.56. The highest BCUT2D eigenvalue weighted by molar-refractivity contribution is 5.69. The fourth-order valence-electron chi connectivity index (χ4n) is 2.95. The highest BCUT2D eigenvalue weighted by Crippen LogP contribution is 2.25. The van der Waals surface area contributed by atoms with Crippen molar-refractivity contribution >= 4 is 5.97 Å². The second-order valence-corrected chi connectivity index (χ2v) is 6.47. The molecule has 0 N–H and O–H groups in total. The van der Waals surface area contributed by atoms with E-state index in [9.17, 15) is 4.79 Å². The zero-order valence-corrected chi connectivity index (χ0v) is 13.1. The van der Waals surface area contributed by atoms with Crippen molar-refractivity contribution in [2.24, 2.45) is 0 Å². The van der Waals surface area contributed by atoms with Gasteiger partial charge in [-0.2, -0.15) is 0 Å². The Hall–Kier alpha value is -0.570. The number of hydrogen-bond donors (Lipinski definition) is 0. The zero-order valence-electron chi connectivity index (χ0n) is 13.1. The van der Waals surface area contributed by atoms with Crippen LogP contribution in [0.1, 0.15) is 64.7 Å². The van der Waals surface area contributed by atoms with Crippen LogP contribution in [0, 0.1) is 0 Å². The number of carbonyl (C=O) groups is 1. The maximum atomic E-state index is 11.6. The maximum Gasteiger partial charge on any atom is 0.305 e. The number of carbonyl (C=O) groups excluding carboxylic acids is 1. The summed E-state index contributed by atoms with van der Waals surface area (Å²) in [6, 6.07) is 0.757. The van der Waals surface area contributed by atoms with Crippen LogP contribution in [0.3, 0.4) is 0 Å². The van der Waals surface area contributed by atoms with Gasteiger partial charge >= 0.3 is 5.97 Å². The quantitative estimate of drug-likeness (QED) is 0.383. The Morgan fingerprint density at radius 1 is 1.16 bits per heavy atom. The van der Waals surface area contributed by atoms with Crippen LogP contribution in [0.25, 0.3) is 0 Å². The molecule has 3 heteroatoms. The predicted octanol–water partition coefficient (Wildman–Crippen LogP) is 3.52. The molecule has 1 saturated carbocycles. The Morgan fingerprint density at radius 3 is 2.47 bits per heavy atom. The van der Waals surface area contributed by atoms with E-state index in [2.05, 4.69) is 21.0 Å². The van der Waals surface area contributed by atoms with Crippen LogP contribution in [-0.2, 0) is 9.53 Å². The molecule has 1 aliphatic carbocycles. The maximum absolute atomic E-state index is 11.6. The van der Waals surface area contributed by atoms with Gasteiger partial charge in [0.1, 0.15) is 13.2 Å². The Balaban J connectivity index is 2.17. The summed E-state index contributed by atoms with van der Waals surface area (Å²) >= 11 is 0. The Labute approximate surface area is 118 Å². The number of nitrogens with zero attached hydrogens (tertiary/aromatic N) is 1. The number of quaternary nitrogens is 1. The van der Waals surface area contributed by atoms with Crippen molar-refractivity contribution in [1.82, 2.24) is 0 Å². The smallest absolute Gasteiger partial charge is 0.305 e. The lowest BCUT2D eigenvalue weighted by atomic mass is 9.93. The highest BCUT2D eigenvalue weighted by atomic mass is 16.5. The van der Waals surface area contributed by atoms with Crippen LogP contribution < -0.4 is 0 Å². The first-order chi connectivity index (χ1) is 9.06. The van der Waals surface area contributed by atoms with Crippen LogP contribution in [0.5, 0.6) is 0 Å². The molecule has 0 aliphatic heterocycles. The van der Waals surface area contributed by atoms with E-state index in [1.165, 1.54) is 32.1 Å². The normalized spacial score (nSPS) is 17.4. The number of hydrogen-bond acceptors (Lipinski definition) is 2. The minimum Gasteiger partial charge on any atom is -0.460 e. The van der Waals surface area contributed by atoms with Gasteiger partial charge in [-0.3, -0.25) is 4.79 Å². The van der Waals surface area contributed by atoms with Gasteiger partial charge in [0, 0.05) is 6.42 Å². The molecule has 19 heavy (non-hydrogen) atoms. The van der Waals surface area contributed by atoms with Crippen molar-refractivity contribution < 1.29 is 14.0 Å². The second-order valence-electron chi connectivity index (χ2n) is 6.47.